The van der Waals surface area contributed by atoms with Crippen LogP contribution in [0.5, 0.6) is 0 Å². The molecule has 1 nitrogen and oxygen atoms in total. The predicted octanol–water partition coefficient (Wildman–Crippen LogP) is 2.72. The van der Waals surface area contributed by atoms with Crippen LogP contribution in [-0.4, -0.2) is 10.5 Å². The minimum atomic E-state index is -0.887. The van der Waals surface area contributed by atoms with Crippen molar-refractivity contribution in [3.63, 3.8) is 0 Å². The summed E-state index contributed by atoms with van der Waals surface area (Å²) in [5.74, 6) is 0. The summed E-state index contributed by atoms with van der Waals surface area (Å²) in [7, 11) is -0.887. The molecule has 1 aromatic rings. The molecule has 0 radical (unpaired) electrons. The van der Waals surface area contributed by atoms with Crippen molar-refractivity contribution < 1.29 is 4.21 Å². The Balaban J connectivity index is 3.28. The molecule has 0 saturated heterocycles. The minimum absolute atomic E-state index is 0.0717. The van der Waals surface area contributed by atoms with E-state index < -0.39 is 10.8 Å². The van der Waals surface area contributed by atoms with Crippen LogP contribution < -0.4 is 0 Å². The Morgan fingerprint density at radius 2 is 1.69 bits per heavy atom. The summed E-state index contributed by atoms with van der Waals surface area (Å²) in [5, 5.41) is 0. The van der Waals surface area contributed by atoms with Gasteiger partial charge >= 0.3 is 0 Å². The summed E-state index contributed by atoms with van der Waals surface area (Å²) in [6.07, 6.45) is 1.73. The maximum Gasteiger partial charge on any atom is 0.0501 e. The third-order valence-corrected chi connectivity index (χ3v) is 2.98. The molecule has 2 heteroatoms. The van der Waals surface area contributed by atoms with E-state index in [1.54, 1.807) is 6.26 Å². The maximum absolute atomic E-state index is 11.4. The molecule has 0 N–H and O–H groups in total. The predicted molar refractivity (Wildman–Crippen MR) is 57.5 cm³/mol. The van der Waals surface area contributed by atoms with Crippen LogP contribution in [0, 0.1) is 0 Å². The van der Waals surface area contributed by atoms with Crippen molar-refractivity contribution in [2.75, 3.05) is 6.26 Å². The lowest BCUT2D eigenvalue weighted by molar-refractivity contribution is 0.575. The first-order valence-electron chi connectivity index (χ1n) is 4.36. The van der Waals surface area contributed by atoms with Crippen molar-refractivity contribution in [1.29, 1.82) is 0 Å². The van der Waals surface area contributed by atoms with Crippen LogP contribution in [0.3, 0.4) is 0 Å². The highest BCUT2D eigenvalue weighted by Gasteiger charge is 2.18. The van der Waals surface area contributed by atoms with Gasteiger partial charge < -0.3 is 0 Å². The van der Waals surface area contributed by atoms with Gasteiger partial charge in [-0.1, -0.05) is 39.0 Å². The molecule has 0 bridgehead atoms. The van der Waals surface area contributed by atoms with Crippen molar-refractivity contribution >= 4 is 10.8 Å². The van der Waals surface area contributed by atoms with Gasteiger partial charge in [-0.15, -0.1) is 0 Å². The molecule has 0 aliphatic carbocycles. The Bertz CT molecular complexity index is 323. The molecule has 1 aromatic carbocycles. The first-order chi connectivity index (χ1) is 5.93. The Hall–Kier alpha value is -0.630. The van der Waals surface area contributed by atoms with Gasteiger partial charge in [0.2, 0.25) is 0 Å². The molecule has 0 heterocycles. The van der Waals surface area contributed by atoms with Gasteiger partial charge in [0.15, 0.2) is 0 Å². The zero-order chi connectivity index (χ0) is 10.1. The zero-order valence-corrected chi connectivity index (χ0v) is 9.44. The van der Waals surface area contributed by atoms with E-state index in [0.717, 1.165) is 4.90 Å². The van der Waals surface area contributed by atoms with Crippen molar-refractivity contribution in [1.82, 2.24) is 0 Å². The summed E-state index contributed by atoms with van der Waals surface area (Å²) in [4.78, 5) is 0.954. The van der Waals surface area contributed by atoms with E-state index in [9.17, 15) is 4.21 Å². The molecule has 0 aromatic heterocycles. The zero-order valence-electron chi connectivity index (χ0n) is 8.63. The first kappa shape index (κ1) is 10.5. The second kappa shape index (κ2) is 3.62. The SMILES string of the molecule is CS(=O)c1ccccc1C(C)(C)C. The summed E-state index contributed by atoms with van der Waals surface area (Å²) in [6, 6.07) is 7.93. The molecule has 0 amide bonds. The largest absolute Gasteiger partial charge is 0.255 e. The van der Waals surface area contributed by atoms with E-state index in [-0.39, 0.29) is 5.41 Å². The Morgan fingerprint density at radius 3 is 2.08 bits per heavy atom. The van der Waals surface area contributed by atoms with E-state index in [1.165, 1.54) is 5.56 Å². The number of rotatable bonds is 1. The van der Waals surface area contributed by atoms with Gasteiger partial charge in [0.1, 0.15) is 0 Å². The monoisotopic (exact) mass is 196 g/mol. The summed E-state index contributed by atoms with van der Waals surface area (Å²) >= 11 is 0. The molecule has 0 saturated carbocycles. The molecule has 1 atom stereocenters. The molecule has 1 rings (SSSR count). The van der Waals surface area contributed by atoms with Crippen molar-refractivity contribution in [2.24, 2.45) is 0 Å². The highest BCUT2D eigenvalue weighted by Crippen LogP contribution is 2.27. The molecule has 72 valence electrons. The average molecular weight is 196 g/mol. The first-order valence-corrected chi connectivity index (χ1v) is 5.91. The highest BCUT2D eigenvalue weighted by molar-refractivity contribution is 7.84. The number of hydrogen-bond acceptors (Lipinski definition) is 1. The lowest BCUT2D eigenvalue weighted by atomic mass is 9.87. The van der Waals surface area contributed by atoms with Gasteiger partial charge in [0.05, 0.1) is 10.8 Å². The molecule has 0 spiro atoms. The van der Waals surface area contributed by atoms with Gasteiger partial charge in [-0.2, -0.15) is 0 Å². The topological polar surface area (TPSA) is 17.1 Å². The van der Waals surface area contributed by atoms with Gasteiger partial charge in [0.25, 0.3) is 0 Å². The van der Waals surface area contributed by atoms with Crippen LogP contribution in [0.2, 0.25) is 0 Å². The maximum atomic E-state index is 11.4. The lowest BCUT2D eigenvalue weighted by Crippen LogP contribution is -2.14. The third-order valence-electron chi connectivity index (χ3n) is 2.00. The highest BCUT2D eigenvalue weighted by atomic mass is 32.2. The summed E-state index contributed by atoms with van der Waals surface area (Å²) in [6.45, 7) is 6.41. The molecule has 1 unspecified atom stereocenters. The molecule has 0 aliphatic heterocycles. The fraction of sp³-hybridized carbons (Fsp3) is 0.455. The van der Waals surface area contributed by atoms with Crippen molar-refractivity contribution in [2.45, 2.75) is 31.1 Å². The van der Waals surface area contributed by atoms with Gasteiger partial charge in [-0.05, 0) is 17.0 Å². The molecule has 13 heavy (non-hydrogen) atoms. The number of hydrogen-bond donors (Lipinski definition) is 0. The van der Waals surface area contributed by atoms with Gasteiger partial charge in [-0.25, -0.2) is 0 Å². The van der Waals surface area contributed by atoms with Gasteiger partial charge in [0, 0.05) is 11.2 Å². The van der Waals surface area contributed by atoms with Crippen LogP contribution in [0.1, 0.15) is 26.3 Å². The summed E-state index contributed by atoms with van der Waals surface area (Å²) in [5.41, 5.74) is 1.25. The van der Waals surface area contributed by atoms with E-state index in [0.29, 0.717) is 0 Å². The van der Waals surface area contributed by atoms with E-state index in [2.05, 4.69) is 26.8 Å². The van der Waals surface area contributed by atoms with Crippen LogP contribution in [-0.2, 0) is 16.2 Å². The van der Waals surface area contributed by atoms with Crippen LogP contribution in [0.15, 0.2) is 29.2 Å². The molecule has 0 aliphatic rings. The van der Waals surface area contributed by atoms with Crippen molar-refractivity contribution in [3.05, 3.63) is 29.8 Å². The second-order valence-corrected chi connectivity index (χ2v) is 5.55. The lowest BCUT2D eigenvalue weighted by Gasteiger charge is -2.21. The van der Waals surface area contributed by atoms with Crippen LogP contribution in [0.25, 0.3) is 0 Å². The smallest absolute Gasteiger partial charge is 0.0501 e. The molecular formula is C11H16OS. The quantitative estimate of drug-likeness (QED) is 0.675. The van der Waals surface area contributed by atoms with Crippen LogP contribution >= 0.6 is 0 Å². The van der Waals surface area contributed by atoms with E-state index >= 15 is 0 Å². The fourth-order valence-corrected chi connectivity index (χ4v) is 2.29. The Morgan fingerprint density at radius 1 is 1.15 bits per heavy atom. The molecule has 0 fully saturated rings. The van der Waals surface area contributed by atoms with E-state index in [1.807, 2.05) is 18.2 Å². The third kappa shape index (κ3) is 2.41. The minimum Gasteiger partial charge on any atom is -0.255 e. The average Bonchev–Trinajstić information content (AvgIpc) is 2.03. The molecular weight excluding hydrogens is 180 g/mol. The van der Waals surface area contributed by atoms with Crippen LogP contribution in [0.4, 0.5) is 0 Å². The van der Waals surface area contributed by atoms with E-state index in [4.69, 9.17) is 0 Å². The standard InChI is InChI=1S/C11H16OS/c1-11(2,3)9-7-5-6-8-10(9)13(4)12/h5-8H,1-4H3. The summed E-state index contributed by atoms with van der Waals surface area (Å²) < 4.78 is 11.4. The van der Waals surface area contributed by atoms with Gasteiger partial charge in [-0.3, -0.25) is 4.21 Å². The normalized spacial score (nSPS) is 14.2. The second-order valence-electron chi connectivity index (χ2n) is 4.20. The number of benzene rings is 1. The van der Waals surface area contributed by atoms with Crippen molar-refractivity contribution in [3.8, 4) is 0 Å². The fourth-order valence-electron chi connectivity index (χ4n) is 1.34. The Kier molecular flexibility index (Phi) is 2.91. The Labute approximate surface area is 82.6 Å².